The number of nitrogens with one attached hydrogen (secondary N) is 1. The minimum Gasteiger partial charge on any atom is -0.368 e. The summed E-state index contributed by atoms with van der Waals surface area (Å²) in [6.07, 6.45) is 5.06. The van der Waals surface area contributed by atoms with Crippen LogP contribution in [0, 0.1) is 0 Å². The Morgan fingerprint density at radius 1 is 1.00 bits per heavy atom. The molecule has 0 aliphatic carbocycles. The number of benzene rings is 1. The first-order valence-electron chi connectivity index (χ1n) is 6.42. The molecule has 0 saturated carbocycles. The highest BCUT2D eigenvalue weighted by atomic mass is 31.1. The van der Waals surface area contributed by atoms with Gasteiger partial charge in [-0.15, -0.1) is 0 Å². The van der Waals surface area contributed by atoms with Gasteiger partial charge in [0.15, 0.2) is 0 Å². The Bertz CT molecular complexity index is 789. The summed E-state index contributed by atoms with van der Waals surface area (Å²) in [6.45, 7) is 4.39. The lowest BCUT2D eigenvalue weighted by Gasteiger charge is -2.16. The Morgan fingerprint density at radius 2 is 1.81 bits per heavy atom. The van der Waals surface area contributed by atoms with Gasteiger partial charge in [0.05, 0.1) is 11.0 Å². The zero-order chi connectivity index (χ0) is 14.8. The molecule has 0 amide bonds. The number of hydrogen-bond acceptors (Lipinski definition) is 6. The smallest absolute Gasteiger partial charge is 0.221 e. The van der Waals surface area contributed by atoms with Crippen LogP contribution in [0.2, 0.25) is 0 Å². The first kappa shape index (κ1) is 13.6. The SMILES string of the molecule is CP(C)c1c(Nc2ccnc(N)n2)ccc2nccnc12. The second kappa shape index (κ2) is 5.58. The van der Waals surface area contributed by atoms with Crippen LogP contribution in [0.4, 0.5) is 17.5 Å². The Labute approximate surface area is 123 Å². The first-order valence-corrected chi connectivity index (χ1v) is 8.65. The van der Waals surface area contributed by atoms with Gasteiger partial charge in [0, 0.05) is 29.6 Å². The lowest BCUT2D eigenvalue weighted by atomic mass is 10.2. The number of hydrogen-bond donors (Lipinski definition) is 2. The summed E-state index contributed by atoms with van der Waals surface area (Å²) >= 11 is 0. The first-order chi connectivity index (χ1) is 10.1. The maximum atomic E-state index is 5.62. The van der Waals surface area contributed by atoms with Crippen LogP contribution in [0.5, 0.6) is 0 Å². The van der Waals surface area contributed by atoms with Crippen molar-refractivity contribution in [3.8, 4) is 0 Å². The second-order valence-electron chi connectivity index (χ2n) is 4.71. The molecule has 0 aliphatic heterocycles. The van der Waals surface area contributed by atoms with Crippen LogP contribution in [0.25, 0.3) is 11.0 Å². The van der Waals surface area contributed by atoms with Gasteiger partial charge in [-0.25, -0.2) is 4.98 Å². The van der Waals surface area contributed by atoms with Crippen LogP contribution in [-0.4, -0.2) is 33.3 Å². The van der Waals surface area contributed by atoms with Gasteiger partial charge in [-0.05, 0) is 31.5 Å². The molecule has 0 spiro atoms. The predicted octanol–water partition coefficient (Wildman–Crippen LogP) is 2.11. The molecule has 0 unspecified atom stereocenters. The quantitative estimate of drug-likeness (QED) is 0.720. The van der Waals surface area contributed by atoms with E-state index in [2.05, 4.69) is 38.6 Å². The molecule has 0 radical (unpaired) electrons. The van der Waals surface area contributed by atoms with Gasteiger partial charge in [-0.3, -0.25) is 9.97 Å². The molecular formula is C14H15N6P. The zero-order valence-corrected chi connectivity index (χ0v) is 12.7. The van der Waals surface area contributed by atoms with Crippen molar-refractivity contribution in [2.45, 2.75) is 0 Å². The molecule has 0 aliphatic rings. The summed E-state index contributed by atoms with van der Waals surface area (Å²) in [7, 11) is -0.360. The van der Waals surface area contributed by atoms with E-state index in [-0.39, 0.29) is 13.9 Å². The lowest BCUT2D eigenvalue weighted by Crippen LogP contribution is -2.11. The van der Waals surface area contributed by atoms with Crippen molar-refractivity contribution < 1.29 is 0 Å². The summed E-state index contributed by atoms with van der Waals surface area (Å²) in [6, 6.07) is 5.75. The van der Waals surface area contributed by atoms with Crippen molar-refractivity contribution in [2.75, 3.05) is 24.4 Å². The summed E-state index contributed by atoms with van der Waals surface area (Å²) in [4.78, 5) is 16.9. The molecule has 7 heteroatoms. The molecule has 6 nitrogen and oxygen atoms in total. The summed E-state index contributed by atoms with van der Waals surface area (Å²) < 4.78 is 0. The third-order valence-electron chi connectivity index (χ3n) is 3.00. The molecule has 3 aromatic rings. The molecule has 2 aromatic heterocycles. The van der Waals surface area contributed by atoms with E-state index in [1.54, 1.807) is 24.7 Å². The Balaban J connectivity index is 2.11. The van der Waals surface area contributed by atoms with Crippen molar-refractivity contribution in [3.63, 3.8) is 0 Å². The molecule has 106 valence electrons. The van der Waals surface area contributed by atoms with Crippen LogP contribution >= 0.6 is 7.92 Å². The van der Waals surface area contributed by atoms with Crippen molar-refractivity contribution in [3.05, 3.63) is 36.8 Å². The molecule has 3 N–H and O–H groups in total. The molecule has 2 heterocycles. The molecule has 0 fully saturated rings. The maximum Gasteiger partial charge on any atom is 0.221 e. The fraction of sp³-hybridized carbons (Fsp3) is 0.143. The normalized spacial score (nSPS) is 11.0. The van der Waals surface area contributed by atoms with E-state index >= 15 is 0 Å². The van der Waals surface area contributed by atoms with E-state index in [9.17, 15) is 0 Å². The number of fused-ring (bicyclic) bond motifs is 1. The predicted molar refractivity (Wildman–Crippen MR) is 87.7 cm³/mol. The van der Waals surface area contributed by atoms with Crippen LogP contribution in [0.1, 0.15) is 0 Å². The van der Waals surface area contributed by atoms with Crippen molar-refractivity contribution >= 4 is 41.7 Å². The van der Waals surface area contributed by atoms with Crippen molar-refractivity contribution in [1.29, 1.82) is 0 Å². The van der Waals surface area contributed by atoms with E-state index < -0.39 is 0 Å². The van der Waals surface area contributed by atoms with E-state index in [0.29, 0.717) is 5.82 Å². The van der Waals surface area contributed by atoms with Crippen LogP contribution in [0.15, 0.2) is 36.8 Å². The van der Waals surface area contributed by atoms with Crippen LogP contribution in [-0.2, 0) is 0 Å². The highest BCUT2D eigenvalue weighted by Gasteiger charge is 2.13. The minimum atomic E-state index is -0.360. The largest absolute Gasteiger partial charge is 0.368 e. The molecular weight excluding hydrogens is 283 g/mol. The van der Waals surface area contributed by atoms with Crippen molar-refractivity contribution in [1.82, 2.24) is 19.9 Å². The van der Waals surface area contributed by atoms with E-state index in [4.69, 9.17) is 5.73 Å². The van der Waals surface area contributed by atoms with E-state index in [1.165, 1.54) is 5.30 Å². The topological polar surface area (TPSA) is 89.6 Å². The van der Waals surface area contributed by atoms with Crippen LogP contribution in [0.3, 0.4) is 0 Å². The van der Waals surface area contributed by atoms with Gasteiger partial charge in [-0.2, -0.15) is 4.98 Å². The van der Waals surface area contributed by atoms with E-state index in [0.717, 1.165) is 16.7 Å². The van der Waals surface area contributed by atoms with E-state index in [1.807, 2.05) is 12.1 Å². The second-order valence-corrected chi connectivity index (χ2v) is 6.94. The average Bonchev–Trinajstić information content (AvgIpc) is 2.46. The third kappa shape index (κ3) is 2.76. The summed E-state index contributed by atoms with van der Waals surface area (Å²) in [5.41, 5.74) is 8.43. The zero-order valence-electron chi connectivity index (χ0n) is 11.8. The summed E-state index contributed by atoms with van der Waals surface area (Å²) in [5, 5.41) is 4.48. The number of nitrogens with zero attached hydrogens (tertiary/aromatic N) is 4. The number of nitrogens with two attached hydrogens (primary N) is 1. The van der Waals surface area contributed by atoms with Gasteiger partial charge < -0.3 is 11.1 Å². The monoisotopic (exact) mass is 298 g/mol. The highest BCUT2D eigenvalue weighted by Crippen LogP contribution is 2.32. The third-order valence-corrected chi connectivity index (χ3v) is 4.35. The number of rotatable bonds is 3. The maximum absolute atomic E-state index is 5.62. The van der Waals surface area contributed by atoms with Gasteiger partial charge in [0.2, 0.25) is 5.95 Å². The van der Waals surface area contributed by atoms with Gasteiger partial charge in [0.1, 0.15) is 5.82 Å². The highest BCUT2D eigenvalue weighted by molar-refractivity contribution is 7.65. The van der Waals surface area contributed by atoms with Crippen molar-refractivity contribution in [2.24, 2.45) is 0 Å². The summed E-state index contributed by atoms with van der Waals surface area (Å²) in [5.74, 6) is 0.918. The number of anilines is 3. The van der Waals surface area contributed by atoms with Gasteiger partial charge in [-0.1, -0.05) is 7.92 Å². The standard InChI is InChI=1S/C14H15N6P/c1-21(2)13-10(19-11-5-6-18-14(15)20-11)4-3-9-12(13)17-8-7-16-9/h3-8H,1-2H3,(H3,15,18,19,20). The fourth-order valence-corrected chi connectivity index (χ4v) is 3.37. The molecule has 0 atom stereocenters. The molecule has 0 bridgehead atoms. The van der Waals surface area contributed by atoms with Crippen LogP contribution < -0.4 is 16.4 Å². The fourth-order valence-electron chi connectivity index (χ4n) is 2.16. The number of aromatic nitrogens is 4. The molecule has 0 saturated heterocycles. The minimum absolute atomic E-state index is 0.248. The average molecular weight is 298 g/mol. The Kier molecular flexibility index (Phi) is 3.62. The molecule has 1 aromatic carbocycles. The number of nitrogen functional groups attached to an aromatic ring is 1. The Morgan fingerprint density at radius 3 is 2.57 bits per heavy atom. The lowest BCUT2D eigenvalue weighted by molar-refractivity contribution is 1.18. The van der Waals surface area contributed by atoms with Gasteiger partial charge in [0.25, 0.3) is 0 Å². The molecule has 21 heavy (non-hydrogen) atoms. The van der Waals surface area contributed by atoms with Gasteiger partial charge >= 0.3 is 0 Å². The molecule has 3 rings (SSSR count). The Hall–Kier alpha value is -2.33.